The van der Waals surface area contributed by atoms with Crippen LogP contribution in [-0.4, -0.2) is 31.2 Å². The minimum Gasteiger partial charge on any atom is -0.444 e. The predicted molar refractivity (Wildman–Crippen MR) is 66.7 cm³/mol. The van der Waals surface area contributed by atoms with Crippen LogP contribution in [0.2, 0.25) is 0 Å². The second-order valence-electron chi connectivity index (χ2n) is 4.94. The predicted octanol–water partition coefficient (Wildman–Crippen LogP) is 1.67. The van der Waals surface area contributed by atoms with Gasteiger partial charge in [-0.05, 0) is 33.6 Å². The lowest BCUT2D eigenvalue weighted by atomic mass is 10.0. The van der Waals surface area contributed by atoms with Gasteiger partial charge in [0.25, 0.3) is 0 Å². The smallest absolute Gasteiger partial charge is 0.407 e. The summed E-state index contributed by atoms with van der Waals surface area (Å²) in [6.07, 6.45) is 0.940. The zero-order chi connectivity index (χ0) is 13.5. The number of hydrogen-bond acceptors (Lipinski definition) is 3. The first-order valence-corrected chi connectivity index (χ1v) is 5.98. The summed E-state index contributed by atoms with van der Waals surface area (Å²) in [5.41, 5.74) is -0.491. The zero-order valence-electron chi connectivity index (χ0n) is 11.4. The molecule has 17 heavy (non-hydrogen) atoms. The van der Waals surface area contributed by atoms with Gasteiger partial charge >= 0.3 is 6.09 Å². The van der Waals surface area contributed by atoms with Crippen molar-refractivity contribution >= 4 is 12.0 Å². The molecule has 0 aromatic carbocycles. The number of amides is 2. The van der Waals surface area contributed by atoms with E-state index in [0.717, 1.165) is 6.42 Å². The number of carbonyl (C=O) groups excluding carboxylic acids is 2. The van der Waals surface area contributed by atoms with Crippen molar-refractivity contribution in [3.63, 3.8) is 0 Å². The van der Waals surface area contributed by atoms with E-state index in [4.69, 9.17) is 4.74 Å². The Morgan fingerprint density at radius 3 is 2.29 bits per heavy atom. The summed E-state index contributed by atoms with van der Waals surface area (Å²) in [4.78, 5) is 22.7. The van der Waals surface area contributed by atoms with Crippen molar-refractivity contribution < 1.29 is 14.3 Å². The maximum Gasteiger partial charge on any atom is 0.407 e. The van der Waals surface area contributed by atoms with Crippen molar-refractivity contribution in [2.75, 3.05) is 13.6 Å². The van der Waals surface area contributed by atoms with Crippen molar-refractivity contribution in [2.45, 2.75) is 46.1 Å². The summed E-state index contributed by atoms with van der Waals surface area (Å²) in [5, 5.41) is 5.25. The Labute approximate surface area is 103 Å². The quantitative estimate of drug-likeness (QED) is 0.773. The second-order valence-corrected chi connectivity index (χ2v) is 4.94. The molecule has 2 N–H and O–H groups in total. The van der Waals surface area contributed by atoms with E-state index in [-0.39, 0.29) is 11.8 Å². The van der Waals surface area contributed by atoms with Gasteiger partial charge in [0.2, 0.25) is 5.91 Å². The third-order valence-corrected chi connectivity index (χ3v) is 2.27. The standard InChI is InChI=1S/C12H24N2O3/c1-6-9(10(15)13-5)7-8-14-11(16)17-12(2,3)4/h9H,6-8H2,1-5H3,(H,13,15)(H,14,16). The van der Waals surface area contributed by atoms with Gasteiger partial charge in [-0.25, -0.2) is 4.79 Å². The number of nitrogens with one attached hydrogen (secondary N) is 2. The highest BCUT2D eigenvalue weighted by atomic mass is 16.6. The van der Waals surface area contributed by atoms with Crippen LogP contribution in [0.3, 0.4) is 0 Å². The number of ether oxygens (including phenoxy) is 1. The third kappa shape index (κ3) is 7.60. The van der Waals surface area contributed by atoms with Crippen molar-refractivity contribution in [3.8, 4) is 0 Å². The Morgan fingerprint density at radius 1 is 1.29 bits per heavy atom. The van der Waals surface area contributed by atoms with Crippen LogP contribution < -0.4 is 10.6 Å². The van der Waals surface area contributed by atoms with E-state index in [1.807, 2.05) is 27.7 Å². The van der Waals surface area contributed by atoms with Crippen LogP contribution in [0, 0.1) is 5.92 Å². The van der Waals surface area contributed by atoms with Gasteiger partial charge in [0, 0.05) is 19.5 Å². The average molecular weight is 244 g/mol. The van der Waals surface area contributed by atoms with Crippen LogP contribution in [0.5, 0.6) is 0 Å². The van der Waals surface area contributed by atoms with Gasteiger partial charge in [-0.3, -0.25) is 4.79 Å². The summed E-state index contributed by atoms with van der Waals surface area (Å²) < 4.78 is 5.09. The molecule has 5 nitrogen and oxygen atoms in total. The first kappa shape index (κ1) is 15.7. The average Bonchev–Trinajstić information content (AvgIpc) is 2.21. The minimum absolute atomic E-state index is 0.0125. The molecule has 5 heteroatoms. The van der Waals surface area contributed by atoms with Crippen molar-refractivity contribution in [1.29, 1.82) is 0 Å². The van der Waals surface area contributed by atoms with Crippen LogP contribution in [0.15, 0.2) is 0 Å². The second kappa shape index (κ2) is 7.14. The van der Waals surface area contributed by atoms with Gasteiger partial charge in [0.1, 0.15) is 5.60 Å². The summed E-state index contributed by atoms with van der Waals surface area (Å²) in [7, 11) is 1.62. The monoisotopic (exact) mass is 244 g/mol. The van der Waals surface area contributed by atoms with Gasteiger partial charge in [0.15, 0.2) is 0 Å². The Morgan fingerprint density at radius 2 is 1.88 bits per heavy atom. The molecular weight excluding hydrogens is 220 g/mol. The number of hydrogen-bond donors (Lipinski definition) is 2. The lowest BCUT2D eigenvalue weighted by Gasteiger charge is -2.20. The summed E-state index contributed by atoms with van der Waals surface area (Å²) in [6, 6.07) is 0. The first-order chi connectivity index (χ1) is 7.80. The molecule has 0 rings (SSSR count). The number of alkyl carbamates (subject to hydrolysis) is 1. The first-order valence-electron chi connectivity index (χ1n) is 5.98. The molecule has 0 saturated heterocycles. The van der Waals surface area contributed by atoms with Gasteiger partial charge in [-0.2, -0.15) is 0 Å². The summed E-state index contributed by atoms with van der Waals surface area (Å²) in [5.74, 6) is -0.0478. The van der Waals surface area contributed by atoms with Gasteiger partial charge < -0.3 is 15.4 Å². The molecule has 0 aromatic heterocycles. The Kier molecular flexibility index (Phi) is 6.61. The third-order valence-electron chi connectivity index (χ3n) is 2.27. The maximum absolute atomic E-state index is 11.4. The fourth-order valence-electron chi connectivity index (χ4n) is 1.39. The van der Waals surface area contributed by atoms with Gasteiger partial charge in [-0.1, -0.05) is 6.92 Å². The largest absolute Gasteiger partial charge is 0.444 e. The molecule has 0 aliphatic rings. The number of carbonyl (C=O) groups is 2. The minimum atomic E-state index is -0.491. The molecule has 0 aliphatic carbocycles. The fourth-order valence-corrected chi connectivity index (χ4v) is 1.39. The summed E-state index contributed by atoms with van der Waals surface area (Å²) >= 11 is 0. The molecule has 0 radical (unpaired) electrons. The normalized spacial score (nSPS) is 12.8. The molecule has 0 bridgehead atoms. The van der Waals surface area contributed by atoms with Crippen LogP contribution in [-0.2, 0) is 9.53 Å². The molecule has 0 aliphatic heterocycles. The lowest BCUT2D eigenvalue weighted by molar-refractivity contribution is -0.124. The Hall–Kier alpha value is -1.26. The molecule has 1 unspecified atom stereocenters. The summed E-state index contributed by atoms with van der Waals surface area (Å²) in [6.45, 7) is 7.83. The highest BCUT2D eigenvalue weighted by Gasteiger charge is 2.17. The topological polar surface area (TPSA) is 67.4 Å². The molecule has 0 heterocycles. The molecule has 0 fully saturated rings. The molecule has 0 aromatic rings. The molecule has 0 saturated carbocycles. The molecule has 2 amide bonds. The van der Waals surface area contributed by atoms with E-state index in [1.54, 1.807) is 7.05 Å². The number of rotatable bonds is 5. The van der Waals surface area contributed by atoms with Gasteiger partial charge in [-0.15, -0.1) is 0 Å². The van der Waals surface area contributed by atoms with E-state index in [2.05, 4.69) is 10.6 Å². The molecular formula is C12H24N2O3. The van der Waals surface area contributed by atoms with E-state index in [0.29, 0.717) is 13.0 Å². The fraction of sp³-hybridized carbons (Fsp3) is 0.833. The highest BCUT2D eigenvalue weighted by Crippen LogP contribution is 2.08. The lowest BCUT2D eigenvalue weighted by Crippen LogP contribution is -2.35. The van der Waals surface area contributed by atoms with Crippen molar-refractivity contribution in [2.24, 2.45) is 5.92 Å². The Bertz CT molecular complexity index is 259. The van der Waals surface area contributed by atoms with E-state index < -0.39 is 11.7 Å². The van der Waals surface area contributed by atoms with Crippen LogP contribution in [0.1, 0.15) is 40.5 Å². The molecule has 1 atom stereocenters. The van der Waals surface area contributed by atoms with Gasteiger partial charge in [0.05, 0.1) is 0 Å². The Balaban J connectivity index is 3.90. The van der Waals surface area contributed by atoms with Crippen molar-refractivity contribution in [3.05, 3.63) is 0 Å². The van der Waals surface area contributed by atoms with Crippen LogP contribution in [0.25, 0.3) is 0 Å². The van der Waals surface area contributed by atoms with E-state index in [9.17, 15) is 9.59 Å². The molecule has 100 valence electrons. The van der Waals surface area contributed by atoms with Crippen LogP contribution in [0.4, 0.5) is 4.79 Å². The maximum atomic E-state index is 11.4. The van der Waals surface area contributed by atoms with Crippen molar-refractivity contribution in [1.82, 2.24) is 10.6 Å². The van der Waals surface area contributed by atoms with Crippen LogP contribution >= 0.6 is 0 Å². The highest BCUT2D eigenvalue weighted by molar-refractivity contribution is 5.78. The zero-order valence-corrected chi connectivity index (χ0v) is 11.4. The molecule has 0 spiro atoms. The SMILES string of the molecule is CCC(CCNC(=O)OC(C)(C)C)C(=O)NC. The van der Waals surface area contributed by atoms with E-state index >= 15 is 0 Å². The van der Waals surface area contributed by atoms with E-state index in [1.165, 1.54) is 0 Å².